The van der Waals surface area contributed by atoms with E-state index in [1.54, 1.807) is 13.3 Å². The molecule has 6 heteroatoms. The number of aromatic nitrogens is 2. The van der Waals surface area contributed by atoms with Crippen LogP contribution in [0.4, 0.5) is 5.82 Å². The van der Waals surface area contributed by atoms with Crippen molar-refractivity contribution in [2.45, 2.75) is 12.0 Å². The molecule has 2 rings (SSSR count). The molecule has 0 radical (unpaired) electrons. The Morgan fingerprint density at radius 1 is 1.69 bits per heavy atom. The SMILES string of the molecule is COC1(CNc2ncncc2Br)CCOC1. The Hall–Kier alpha value is -0.720. The molecule has 1 fully saturated rings. The molecule has 1 saturated heterocycles. The number of rotatable bonds is 4. The van der Waals surface area contributed by atoms with Crippen LogP contribution in [0.25, 0.3) is 0 Å². The Balaban J connectivity index is 1.98. The Morgan fingerprint density at radius 3 is 3.19 bits per heavy atom. The summed E-state index contributed by atoms with van der Waals surface area (Å²) in [7, 11) is 1.71. The lowest BCUT2D eigenvalue weighted by molar-refractivity contribution is -0.00626. The van der Waals surface area contributed by atoms with Crippen LogP contribution in [-0.2, 0) is 9.47 Å². The van der Waals surface area contributed by atoms with Gasteiger partial charge < -0.3 is 14.8 Å². The van der Waals surface area contributed by atoms with Crippen LogP contribution in [0.5, 0.6) is 0 Å². The molecular formula is C10H14BrN3O2. The Kier molecular flexibility index (Phi) is 3.73. The zero-order valence-corrected chi connectivity index (χ0v) is 10.7. The third-order valence-electron chi connectivity index (χ3n) is 2.75. The number of nitrogens with one attached hydrogen (secondary N) is 1. The maximum Gasteiger partial charge on any atom is 0.143 e. The molecule has 1 aromatic rings. The third-order valence-corrected chi connectivity index (χ3v) is 3.33. The highest BCUT2D eigenvalue weighted by Gasteiger charge is 2.34. The van der Waals surface area contributed by atoms with E-state index in [1.807, 2.05) is 0 Å². The summed E-state index contributed by atoms with van der Waals surface area (Å²) >= 11 is 3.39. The summed E-state index contributed by atoms with van der Waals surface area (Å²) in [5.41, 5.74) is -0.232. The van der Waals surface area contributed by atoms with Gasteiger partial charge in [-0.1, -0.05) is 0 Å². The summed E-state index contributed by atoms with van der Waals surface area (Å²) in [5, 5.41) is 3.24. The molecule has 0 bridgehead atoms. The highest BCUT2D eigenvalue weighted by atomic mass is 79.9. The highest BCUT2D eigenvalue weighted by molar-refractivity contribution is 9.10. The van der Waals surface area contributed by atoms with Gasteiger partial charge in [0.25, 0.3) is 0 Å². The van der Waals surface area contributed by atoms with Crippen molar-refractivity contribution in [1.29, 1.82) is 0 Å². The fourth-order valence-electron chi connectivity index (χ4n) is 1.65. The van der Waals surface area contributed by atoms with E-state index in [0.29, 0.717) is 13.2 Å². The summed E-state index contributed by atoms with van der Waals surface area (Å²) in [6.07, 6.45) is 4.12. The molecule has 1 aromatic heterocycles. The van der Waals surface area contributed by atoms with Crippen molar-refractivity contribution in [3.8, 4) is 0 Å². The van der Waals surface area contributed by atoms with Crippen LogP contribution in [0.3, 0.4) is 0 Å². The van der Waals surface area contributed by atoms with Gasteiger partial charge in [-0.05, 0) is 15.9 Å². The quantitative estimate of drug-likeness (QED) is 0.909. The molecule has 1 aliphatic rings. The van der Waals surface area contributed by atoms with Crippen LogP contribution in [-0.4, -0.2) is 42.4 Å². The van der Waals surface area contributed by atoms with Crippen molar-refractivity contribution >= 4 is 21.7 Å². The number of hydrogen-bond donors (Lipinski definition) is 1. The van der Waals surface area contributed by atoms with Gasteiger partial charge in [0, 0.05) is 32.9 Å². The molecule has 1 aliphatic heterocycles. The molecule has 5 nitrogen and oxygen atoms in total. The van der Waals surface area contributed by atoms with E-state index in [9.17, 15) is 0 Å². The molecule has 1 atom stereocenters. The zero-order valence-electron chi connectivity index (χ0n) is 9.07. The summed E-state index contributed by atoms with van der Waals surface area (Å²) < 4.78 is 11.7. The Morgan fingerprint density at radius 2 is 2.56 bits per heavy atom. The first-order valence-corrected chi connectivity index (χ1v) is 5.87. The van der Waals surface area contributed by atoms with Gasteiger partial charge in [0.1, 0.15) is 17.7 Å². The van der Waals surface area contributed by atoms with Crippen molar-refractivity contribution in [1.82, 2.24) is 9.97 Å². The number of ether oxygens (including phenoxy) is 2. The minimum absolute atomic E-state index is 0.232. The molecule has 0 aliphatic carbocycles. The molecule has 1 unspecified atom stereocenters. The van der Waals surface area contributed by atoms with E-state index in [0.717, 1.165) is 23.3 Å². The number of nitrogens with zero attached hydrogens (tertiary/aromatic N) is 2. The predicted octanol–water partition coefficient (Wildman–Crippen LogP) is 1.46. The van der Waals surface area contributed by atoms with Crippen LogP contribution in [0.15, 0.2) is 17.0 Å². The van der Waals surface area contributed by atoms with Gasteiger partial charge in [-0.3, -0.25) is 0 Å². The second-order valence-corrected chi connectivity index (χ2v) is 4.62. The number of anilines is 1. The maximum absolute atomic E-state index is 5.51. The van der Waals surface area contributed by atoms with Gasteiger partial charge in [0.05, 0.1) is 11.1 Å². The molecule has 0 aromatic carbocycles. The average Bonchev–Trinajstić information content (AvgIpc) is 2.78. The van der Waals surface area contributed by atoms with Crippen LogP contribution >= 0.6 is 15.9 Å². The lowest BCUT2D eigenvalue weighted by Gasteiger charge is -2.26. The van der Waals surface area contributed by atoms with Gasteiger partial charge in [0.15, 0.2) is 0 Å². The first-order chi connectivity index (χ1) is 7.76. The first-order valence-electron chi connectivity index (χ1n) is 5.08. The summed E-state index contributed by atoms with van der Waals surface area (Å²) in [6.45, 7) is 2.05. The van der Waals surface area contributed by atoms with E-state index in [1.165, 1.54) is 6.33 Å². The minimum Gasteiger partial charge on any atom is -0.378 e. The maximum atomic E-state index is 5.51. The molecule has 88 valence electrons. The van der Waals surface area contributed by atoms with Crippen LogP contribution in [0.2, 0.25) is 0 Å². The van der Waals surface area contributed by atoms with Crippen LogP contribution in [0, 0.1) is 0 Å². The van der Waals surface area contributed by atoms with Gasteiger partial charge in [-0.25, -0.2) is 9.97 Å². The number of hydrogen-bond acceptors (Lipinski definition) is 5. The van der Waals surface area contributed by atoms with Crippen LogP contribution < -0.4 is 5.32 Å². The second-order valence-electron chi connectivity index (χ2n) is 3.76. The lowest BCUT2D eigenvalue weighted by atomic mass is 10.0. The molecule has 1 N–H and O–H groups in total. The molecule has 0 spiro atoms. The molecular weight excluding hydrogens is 274 g/mol. The molecule has 2 heterocycles. The van der Waals surface area contributed by atoms with Crippen molar-refractivity contribution in [2.75, 3.05) is 32.2 Å². The second kappa shape index (κ2) is 5.07. The normalized spacial score (nSPS) is 24.6. The summed E-state index contributed by atoms with van der Waals surface area (Å²) in [5.74, 6) is 0.776. The van der Waals surface area contributed by atoms with Crippen molar-refractivity contribution in [3.63, 3.8) is 0 Å². The summed E-state index contributed by atoms with van der Waals surface area (Å²) in [6, 6.07) is 0. The van der Waals surface area contributed by atoms with E-state index >= 15 is 0 Å². The number of halogens is 1. The van der Waals surface area contributed by atoms with Gasteiger partial charge in [-0.15, -0.1) is 0 Å². The van der Waals surface area contributed by atoms with Crippen molar-refractivity contribution < 1.29 is 9.47 Å². The topological polar surface area (TPSA) is 56.3 Å². The Bertz CT molecular complexity index is 356. The van der Waals surface area contributed by atoms with Crippen LogP contribution in [0.1, 0.15) is 6.42 Å². The fourth-order valence-corrected chi connectivity index (χ4v) is 2.01. The van der Waals surface area contributed by atoms with E-state index in [-0.39, 0.29) is 5.60 Å². The van der Waals surface area contributed by atoms with Gasteiger partial charge in [-0.2, -0.15) is 0 Å². The molecule has 16 heavy (non-hydrogen) atoms. The van der Waals surface area contributed by atoms with Gasteiger partial charge >= 0.3 is 0 Å². The summed E-state index contributed by atoms with van der Waals surface area (Å²) in [4.78, 5) is 8.05. The minimum atomic E-state index is -0.232. The largest absolute Gasteiger partial charge is 0.378 e. The van der Waals surface area contributed by atoms with E-state index in [4.69, 9.17) is 9.47 Å². The third kappa shape index (κ3) is 2.50. The lowest BCUT2D eigenvalue weighted by Crippen LogP contribution is -2.39. The van der Waals surface area contributed by atoms with Gasteiger partial charge in [0.2, 0.25) is 0 Å². The zero-order chi connectivity index (χ0) is 11.4. The first kappa shape index (κ1) is 11.8. The molecule has 0 amide bonds. The Labute approximate surface area is 103 Å². The highest BCUT2D eigenvalue weighted by Crippen LogP contribution is 2.24. The monoisotopic (exact) mass is 287 g/mol. The smallest absolute Gasteiger partial charge is 0.143 e. The van der Waals surface area contributed by atoms with E-state index < -0.39 is 0 Å². The molecule has 0 saturated carbocycles. The average molecular weight is 288 g/mol. The van der Waals surface area contributed by atoms with E-state index in [2.05, 4.69) is 31.2 Å². The number of methoxy groups -OCH3 is 1. The fraction of sp³-hybridized carbons (Fsp3) is 0.600. The van der Waals surface area contributed by atoms with Crippen molar-refractivity contribution in [2.24, 2.45) is 0 Å². The standard InChI is InChI=1S/C10H14BrN3O2/c1-15-10(2-3-16-6-10)5-13-9-8(11)4-12-7-14-9/h4,7H,2-3,5-6H2,1H3,(H,12,13,14). The predicted molar refractivity (Wildman–Crippen MR) is 63.4 cm³/mol. The van der Waals surface area contributed by atoms with Crippen molar-refractivity contribution in [3.05, 3.63) is 17.0 Å².